The number of pyridine rings is 1. The van der Waals surface area contributed by atoms with Gasteiger partial charge in [-0.3, -0.25) is 19.4 Å². The van der Waals surface area contributed by atoms with Gasteiger partial charge >= 0.3 is 11.1 Å². The highest BCUT2D eigenvalue weighted by molar-refractivity contribution is 5.97. The number of nitrogens with zero attached hydrogens (tertiary/aromatic N) is 1. The summed E-state index contributed by atoms with van der Waals surface area (Å²) in [6.45, 7) is 3.73. The van der Waals surface area contributed by atoms with Crippen molar-refractivity contribution < 1.29 is 4.79 Å². The summed E-state index contributed by atoms with van der Waals surface area (Å²) < 4.78 is 0. The van der Waals surface area contributed by atoms with E-state index in [1.807, 2.05) is 32.0 Å². The molecule has 0 fully saturated rings. The number of nitrogens with one attached hydrogen (secondary N) is 3. The normalized spacial score (nSPS) is 12.1. The van der Waals surface area contributed by atoms with E-state index in [4.69, 9.17) is 0 Å². The Kier molecular flexibility index (Phi) is 3.99. The topological polar surface area (TPSA) is 108 Å². The molecule has 0 saturated carbocycles. The second kappa shape index (κ2) is 6.11. The van der Waals surface area contributed by atoms with E-state index < -0.39 is 11.1 Å². The molecule has 0 aliphatic heterocycles. The lowest BCUT2D eigenvalue weighted by atomic mass is 10.1. The molecule has 0 aliphatic rings. The highest BCUT2D eigenvalue weighted by atomic mass is 16.2. The van der Waals surface area contributed by atoms with E-state index in [1.165, 1.54) is 6.07 Å². The minimum atomic E-state index is -0.752. The zero-order chi connectivity index (χ0) is 17.3. The van der Waals surface area contributed by atoms with Gasteiger partial charge in [-0.25, -0.2) is 0 Å². The number of benzene rings is 1. The summed E-state index contributed by atoms with van der Waals surface area (Å²) in [4.78, 5) is 44.4. The lowest BCUT2D eigenvalue weighted by Crippen LogP contribution is -2.29. The minimum Gasteiger partial charge on any atom is -0.344 e. The maximum Gasteiger partial charge on any atom is 0.314 e. The van der Waals surface area contributed by atoms with E-state index >= 15 is 0 Å². The molecule has 3 rings (SSSR count). The van der Waals surface area contributed by atoms with Crippen molar-refractivity contribution in [3.05, 3.63) is 74.1 Å². The van der Waals surface area contributed by atoms with Crippen LogP contribution < -0.4 is 16.4 Å². The molecule has 2 aromatic heterocycles. The molecular formula is C17H16N4O3. The predicted octanol–water partition coefficient (Wildman–Crippen LogP) is 1.41. The van der Waals surface area contributed by atoms with Crippen LogP contribution in [0.2, 0.25) is 0 Å². The van der Waals surface area contributed by atoms with E-state index in [2.05, 4.69) is 20.3 Å². The smallest absolute Gasteiger partial charge is 0.314 e. The highest BCUT2D eigenvalue weighted by Gasteiger charge is 2.13. The Balaban J connectivity index is 1.87. The molecule has 1 atom stereocenters. The van der Waals surface area contributed by atoms with Gasteiger partial charge in [0.15, 0.2) is 0 Å². The molecule has 24 heavy (non-hydrogen) atoms. The molecule has 3 N–H and O–H groups in total. The van der Waals surface area contributed by atoms with Gasteiger partial charge in [-0.1, -0.05) is 6.07 Å². The Morgan fingerprint density at radius 2 is 1.79 bits per heavy atom. The Hall–Kier alpha value is -3.22. The van der Waals surface area contributed by atoms with Crippen molar-refractivity contribution in [2.75, 3.05) is 0 Å². The minimum absolute atomic E-state index is 0.261. The van der Waals surface area contributed by atoms with Crippen molar-refractivity contribution in [1.82, 2.24) is 20.3 Å². The van der Waals surface area contributed by atoms with Gasteiger partial charge in [0.05, 0.1) is 22.8 Å². The summed E-state index contributed by atoms with van der Waals surface area (Å²) in [5.74, 6) is -0.292. The van der Waals surface area contributed by atoms with Crippen molar-refractivity contribution in [2.24, 2.45) is 0 Å². The van der Waals surface area contributed by atoms with Gasteiger partial charge in [0, 0.05) is 11.3 Å². The summed E-state index contributed by atoms with van der Waals surface area (Å²) >= 11 is 0. The third-order valence-corrected chi connectivity index (χ3v) is 3.69. The average Bonchev–Trinajstić information content (AvgIpc) is 2.55. The van der Waals surface area contributed by atoms with Crippen molar-refractivity contribution in [2.45, 2.75) is 19.9 Å². The lowest BCUT2D eigenvalue weighted by Gasteiger charge is -2.14. The summed E-state index contributed by atoms with van der Waals surface area (Å²) in [6.07, 6.45) is 0. The Morgan fingerprint density at radius 3 is 2.50 bits per heavy atom. The van der Waals surface area contributed by atoms with E-state index in [-0.39, 0.29) is 11.9 Å². The summed E-state index contributed by atoms with van der Waals surface area (Å²) in [6, 6.07) is 10.1. The van der Waals surface area contributed by atoms with Crippen LogP contribution in [0.1, 0.15) is 34.7 Å². The Bertz CT molecular complexity index is 1040. The number of aromatic amines is 2. The van der Waals surface area contributed by atoms with Gasteiger partial charge in [-0.15, -0.1) is 0 Å². The average molecular weight is 324 g/mol. The fraction of sp³-hybridized carbons (Fsp3) is 0.176. The van der Waals surface area contributed by atoms with E-state index in [0.717, 1.165) is 11.4 Å². The number of hydrogen-bond donors (Lipinski definition) is 3. The van der Waals surface area contributed by atoms with Crippen LogP contribution in [0.25, 0.3) is 11.0 Å². The second-order valence-corrected chi connectivity index (χ2v) is 5.57. The SMILES string of the molecule is Cc1cccc([C@@H](C)NC(=O)c2ccc3[nH]c(=O)c(=O)[nH]c3c2)n1. The molecule has 1 aromatic carbocycles. The van der Waals surface area contributed by atoms with Gasteiger partial charge in [0.1, 0.15) is 0 Å². The molecule has 0 spiro atoms. The standard InChI is InChI=1S/C17H16N4O3/c1-9-4-3-5-12(18-9)10(2)19-15(22)11-6-7-13-14(8-11)21-17(24)16(23)20-13/h3-8,10H,1-2H3,(H,19,22)(H,20,23)(H,21,24)/t10-/m1/s1. The number of carbonyl (C=O) groups is 1. The molecular weight excluding hydrogens is 308 g/mol. The van der Waals surface area contributed by atoms with Crippen LogP contribution in [0.5, 0.6) is 0 Å². The molecule has 0 radical (unpaired) electrons. The van der Waals surface area contributed by atoms with Gasteiger partial charge < -0.3 is 15.3 Å². The fourth-order valence-corrected chi connectivity index (χ4v) is 2.42. The third kappa shape index (κ3) is 3.10. The van der Waals surface area contributed by atoms with Crippen molar-refractivity contribution in [3.8, 4) is 0 Å². The second-order valence-electron chi connectivity index (χ2n) is 5.57. The number of amides is 1. The van der Waals surface area contributed by atoms with Gasteiger partial charge in [-0.2, -0.15) is 0 Å². The molecule has 7 nitrogen and oxygen atoms in total. The van der Waals surface area contributed by atoms with Gasteiger partial charge in [0.2, 0.25) is 0 Å². The molecule has 1 amide bonds. The number of hydrogen-bond acceptors (Lipinski definition) is 4. The van der Waals surface area contributed by atoms with Crippen LogP contribution in [0.3, 0.4) is 0 Å². The highest BCUT2D eigenvalue weighted by Crippen LogP contribution is 2.13. The molecule has 3 aromatic rings. The lowest BCUT2D eigenvalue weighted by molar-refractivity contribution is 0.0939. The predicted molar refractivity (Wildman–Crippen MR) is 90.0 cm³/mol. The van der Waals surface area contributed by atoms with Gasteiger partial charge in [-0.05, 0) is 44.2 Å². The molecule has 2 heterocycles. The van der Waals surface area contributed by atoms with Crippen molar-refractivity contribution in [1.29, 1.82) is 0 Å². The third-order valence-electron chi connectivity index (χ3n) is 3.69. The van der Waals surface area contributed by atoms with Crippen molar-refractivity contribution in [3.63, 3.8) is 0 Å². The quantitative estimate of drug-likeness (QED) is 0.633. The Labute approximate surface area is 136 Å². The van der Waals surface area contributed by atoms with Crippen LogP contribution in [-0.2, 0) is 0 Å². The first kappa shape index (κ1) is 15.7. The van der Waals surface area contributed by atoms with E-state index in [1.54, 1.807) is 12.1 Å². The largest absolute Gasteiger partial charge is 0.344 e. The molecule has 0 saturated heterocycles. The van der Waals surface area contributed by atoms with Crippen LogP contribution in [-0.4, -0.2) is 20.9 Å². The summed E-state index contributed by atoms with van der Waals surface area (Å²) in [5.41, 5.74) is 1.40. The van der Waals surface area contributed by atoms with E-state index in [9.17, 15) is 14.4 Å². The van der Waals surface area contributed by atoms with Crippen LogP contribution in [0.15, 0.2) is 46.0 Å². The summed E-state index contributed by atoms with van der Waals surface area (Å²) in [7, 11) is 0. The maximum atomic E-state index is 12.4. The number of fused-ring (bicyclic) bond motifs is 1. The summed E-state index contributed by atoms with van der Waals surface area (Å²) in [5, 5.41) is 2.86. The molecule has 0 unspecified atom stereocenters. The first-order valence-corrected chi connectivity index (χ1v) is 7.45. The first-order chi connectivity index (χ1) is 11.4. The number of rotatable bonds is 3. The number of carbonyl (C=O) groups excluding carboxylic acids is 1. The van der Waals surface area contributed by atoms with Gasteiger partial charge in [0.25, 0.3) is 5.91 Å². The van der Waals surface area contributed by atoms with E-state index in [0.29, 0.717) is 16.6 Å². The number of aryl methyl sites for hydroxylation is 1. The van der Waals surface area contributed by atoms with Crippen molar-refractivity contribution >= 4 is 16.9 Å². The first-order valence-electron chi connectivity index (χ1n) is 7.45. The monoisotopic (exact) mass is 324 g/mol. The number of H-pyrrole nitrogens is 2. The van der Waals surface area contributed by atoms with Crippen LogP contribution in [0, 0.1) is 6.92 Å². The zero-order valence-corrected chi connectivity index (χ0v) is 13.2. The zero-order valence-electron chi connectivity index (χ0n) is 13.2. The maximum absolute atomic E-state index is 12.4. The molecule has 122 valence electrons. The molecule has 7 heteroatoms. The van der Waals surface area contributed by atoms with Crippen LogP contribution >= 0.6 is 0 Å². The molecule has 0 aliphatic carbocycles. The fourth-order valence-electron chi connectivity index (χ4n) is 2.42. The molecule has 0 bridgehead atoms. The Morgan fingerprint density at radius 1 is 1.08 bits per heavy atom. The number of aromatic nitrogens is 3. The van der Waals surface area contributed by atoms with Crippen LogP contribution in [0.4, 0.5) is 0 Å².